The van der Waals surface area contributed by atoms with Gasteiger partial charge in [-0.2, -0.15) is 0 Å². The highest BCUT2D eigenvalue weighted by Gasteiger charge is 2.14. The van der Waals surface area contributed by atoms with E-state index in [1.54, 1.807) is 31.4 Å². The van der Waals surface area contributed by atoms with Crippen LogP contribution in [0.4, 0.5) is 5.69 Å². The monoisotopic (exact) mass is 351 g/mol. The molecule has 0 aliphatic carbocycles. The summed E-state index contributed by atoms with van der Waals surface area (Å²) in [4.78, 5) is 10.5. The van der Waals surface area contributed by atoms with Gasteiger partial charge in [-0.15, -0.1) is 0 Å². The molecule has 0 aromatic heterocycles. The molecule has 5 nitrogen and oxygen atoms in total. The van der Waals surface area contributed by atoms with Gasteiger partial charge in [-0.3, -0.25) is 10.1 Å². The second-order valence-corrected chi connectivity index (χ2v) is 4.85. The van der Waals surface area contributed by atoms with Crippen molar-refractivity contribution in [3.8, 4) is 11.5 Å². The molecule has 0 amide bonds. The van der Waals surface area contributed by atoms with Crippen LogP contribution in [-0.4, -0.2) is 12.0 Å². The number of rotatable bonds is 6. The zero-order chi connectivity index (χ0) is 15.2. The quantitative estimate of drug-likeness (QED) is 0.447. The predicted molar refractivity (Wildman–Crippen MR) is 83.1 cm³/mol. The summed E-state index contributed by atoms with van der Waals surface area (Å²) in [5, 5.41) is 11.7. The number of hydrogen-bond acceptors (Lipinski definition) is 4. The number of alkyl halides is 1. The molecule has 0 saturated heterocycles. The Morgan fingerprint density at radius 3 is 2.62 bits per heavy atom. The molecule has 0 heterocycles. The molecule has 2 rings (SSSR count). The second-order valence-electron chi connectivity index (χ2n) is 4.29. The van der Waals surface area contributed by atoms with E-state index in [1.807, 2.05) is 12.1 Å². The van der Waals surface area contributed by atoms with Crippen LogP contribution in [0.5, 0.6) is 11.5 Å². The van der Waals surface area contributed by atoms with Crippen molar-refractivity contribution in [2.24, 2.45) is 0 Å². The maximum absolute atomic E-state index is 11.0. The van der Waals surface area contributed by atoms with E-state index in [1.165, 1.54) is 6.07 Å². The molecule has 21 heavy (non-hydrogen) atoms. The fourth-order valence-corrected chi connectivity index (χ4v) is 2.23. The van der Waals surface area contributed by atoms with Crippen molar-refractivity contribution < 1.29 is 14.4 Å². The minimum atomic E-state index is -0.413. The second kappa shape index (κ2) is 7.08. The maximum atomic E-state index is 11.0. The molecule has 0 unspecified atom stereocenters. The van der Waals surface area contributed by atoms with E-state index in [9.17, 15) is 10.1 Å². The van der Waals surface area contributed by atoms with Crippen LogP contribution >= 0.6 is 15.9 Å². The van der Waals surface area contributed by atoms with Crippen molar-refractivity contribution in [2.75, 3.05) is 7.11 Å². The number of nitrogens with zero attached hydrogens (tertiary/aromatic N) is 1. The third-order valence-corrected chi connectivity index (χ3v) is 3.60. The topological polar surface area (TPSA) is 61.6 Å². The molecule has 0 bridgehead atoms. The minimum Gasteiger partial charge on any atom is -0.493 e. The van der Waals surface area contributed by atoms with Crippen LogP contribution in [0.1, 0.15) is 11.1 Å². The minimum absolute atomic E-state index is 0.0496. The van der Waals surface area contributed by atoms with Crippen LogP contribution in [0.15, 0.2) is 42.5 Å². The molecule has 0 aliphatic heterocycles. The van der Waals surface area contributed by atoms with E-state index in [-0.39, 0.29) is 12.3 Å². The highest BCUT2D eigenvalue weighted by atomic mass is 79.9. The molecule has 2 aromatic carbocycles. The van der Waals surface area contributed by atoms with Crippen molar-refractivity contribution in [1.82, 2.24) is 0 Å². The van der Waals surface area contributed by atoms with Gasteiger partial charge in [0.15, 0.2) is 11.5 Å². The maximum Gasteiger partial charge on any atom is 0.276 e. The normalized spacial score (nSPS) is 10.2. The smallest absolute Gasteiger partial charge is 0.276 e. The zero-order valence-electron chi connectivity index (χ0n) is 11.4. The molecule has 2 aromatic rings. The summed E-state index contributed by atoms with van der Waals surface area (Å²) in [6.45, 7) is 0.112. The van der Waals surface area contributed by atoms with Gasteiger partial charge in [0.25, 0.3) is 5.69 Å². The molecule has 6 heteroatoms. The van der Waals surface area contributed by atoms with E-state index >= 15 is 0 Å². The molecule has 0 radical (unpaired) electrons. The van der Waals surface area contributed by atoms with Crippen LogP contribution < -0.4 is 9.47 Å². The Bertz CT molecular complexity index is 645. The third-order valence-electron chi connectivity index (χ3n) is 2.95. The van der Waals surface area contributed by atoms with Crippen molar-refractivity contribution in [3.63, 3.8) is 0 Å². The molecule has 0 spiro atoms. The van der Waals surface area contributed by atoms with Gasteiger partial charge < -0.3 is 9.47 Å². The van der Waals surface area contributed by atoms with Gasteiger partial charge in [0, 0.05) is 11.4 Å². The Balaban J connectivity index is 2.19. The molecule has 0 atom stereocenters. The Morgan fingerprint density at radius 1 is 1.19 bits per heavy atom. The molecule has 0 aliphatic rings. The summed E-state index contributed by atoms with van der Waals surface area (Å²) in [5.74, 6) is 1.16. The number of halogens is 1. The Kier molecular flexibility index (Phi) is 5.16. The first-order chi connectivity index (χ1) is 10.2. The van der Waals surface area contributed by atoms with Crippen LogP contribution in [0.3, 0.4) is 0 Å². The summed E-state index contributed by atoms with van der Waals surface area (Å²) < 4.78 is 10.9. The van der Waals surface area contributed by atoms with Gasteiger partial charge in [-0.1, -0.05) is 34.1 Å². The van der Waals surface area contributed by atoms with E-state index in [2.05, 4.69) is 15.9 Å². The SMILES string of the molecule is COc1cc(CBr)ccc1OCc1ccccc1[N+](=O)[O-]. The summed E-state index contributed by atoms with van der Waals surface area (Å²) >= 11 is 3.38. The molecule has 0 N–H and O–H groups in total. The van der Waals surface area contributed by atoms with E-state index in [0.717, 1.165) is 5.56 Å². The van der Waals surface area contributed by atoms with Crippen LogP contribution in [0.2, 0.25) is 0 Å². The predicted octanol–water partition coefficient (Wildman–Crippen LogP) is 4.08. The van der Waals surface area contributed by atoms with Crippen molar-refractivity contribution in [3.05, 3.63) is 63.7 Å². The summed E-state index contributed by atoms with van der Waals surface area (Å²) in [7, 11) is 1.56. The van der Waals surface area contributed by atoms with Gasteiger partial charge in [-0.25, -0.2) is 0 Å². The van der Waals surface area contributed by atoms with Gasteiger partial charge >= 0.3 is 0 Å². The van der Waals surface area contributed by atoms with Gasteiger partial charge in [-0.05, 0) is 23.8 Å². The lowest BCUT2D eigenvalue weighted by molar-refractivity contribution is -0.385. The molecule has 110 valence electrons. The van der Waals surface area contributed by atoms with Gasteiger partial charge in [0.05, 0.1) is 17.6 Å². The van der Waals surface area contributed by atoms with E-state index in [4.69, 9.17) is 9.47 Å². The summed E-state index contributed by atoms with van der Waals surface area (Å²) in [6, 6.07) is 12.1. The highest BCUT2D eigenvalue weighted by Crippen LogP contribution is 2.30. The Labute approximate surface area is 130 Å². The van der Waals surface area contributed by atoms with Crippen molar-refractivity contribution in [2.45, 2.75) is 11.9 Å². The summed E-state index contributed by atoms with van der Waals surface area (Å²) in [6.07, 6.45) is 0. The largest absolute Gasteiger partial charge is 0.493 e. The first-order valence-electron chi connectivity index (χ1n) is 6.23. The number of hydrogen-bond donors (Lipinski definition) is 0. The lowest BCUT2D eigenvalue weighted by atomic mass is 10.2. The van der Waals surface area contributed by atoms with Crippen LogP contribution in [0.25, 0.3) is 0 Å². The standard InChI is InChI=1S/C15H14BrNO4/c1-20-15-8-11(9-16)6-7-14(15)21-10-12-4-2-3-5-13(12)17(18)19/h2-8H,9-10H2,1H3. The number of methoxy groups -OCH3 is 1. The number of para-hydroxylation sites is 1. The summed E-state index contributed by atoms with van der Waals surface area (Å²) in [5.41, 5.74) is 1.63. The lowest BCUT2D eigenvalue weighted by Gasteiger charge is -2.11. The highest BCUT2D eigenvalue weighted by molar-refractivity contribution is 9.08. The molecule has 0 saturated carbocycles. The van der Waals surface area contributed by atoms with Gasteiger partial charge in [0.2, 0.25) is 0 Å². The zero-order valence-corrected chi connectivity index (χ0v) is 13.0. The van der Waals surface area contributed by atoms with E-state index < -0.39 is 4.92 Å². The fourth-order valence-electron chi connectivity index (χ4n) is 1.88. The molecule has 0 fully saturated rings. The third kappa shape index (κ3) is 3.72. The first kappa shape index (κ1) is 15.3. The Hall–Kier alpha value is -2.08. The number of ether oxygens (including phenoxy) is 2. The molecular weight excluding hydrogens is 338 g/mol. The fraction of sp³-hybridized carbons (Fsp3) is 0.200. The first-order valence-corrected chi connectivity index (χ1v) is 7.36. The lowest BCUT2D eigenvalue weighted by Crippen LogP contribution is -2.01. The molecular formula is C15H14BrNO4. The van der Waals surface area contributed by atoms with E-state index in [0.29, 0.717) is 22.4 Å². The van der Waals surface area contributed by atoms with Crippen LogP contribution in [-0.2, 0) is 11.9 Å². The Morgan fingerprint density at radius 2 is 1.95 bits per heavy atom. The van der Waals surface area contributed by atoms with Crippen molar-refractivity contribution in [1.29, 1.82) is 0 Å². The average Bonchev–Trinajstić information content (AvgIpc) is 2.52. The number of nitro groups is 1. The van der Waals surface area contributed by atoms with Gasteiger partial charge in [0.1, 0.15) is 6.61 Å². The number of nitro benzene ring substituents is 1. The van der Waals surface area contributed by atoms with Crippen LogP contribution in [0, 0.1) is 10.1 Å². The number of benzene rings is 2. The van der Waals surface area contributed by atoms with Crippen molar-refractivity contribution >= 4 is 21.6 Å². The average molecular weight is 352 g/mol.